The third-order valence-corrected chi connectivity index (χ3v) is 3.72. The maximum absolute atomic E-state index is 12.7. The average molecular weight is 329 g/mol. The predicted octanol–water partition coefficient (Wildman–Crippen LogP) is 3.94. The van der Waals surface area contributed by atoms with Crippen molar-refractivity contribution in [1.82, 2.24) is 0 Å². The van der Waals surface area contributed by atoms with E-state index in [1.165, 1.54) is 0 Å². The minimum absolute atomic E-state index is 0.244. The molecular formula is C20H15N3O2. The molecule has 5 nitrogen and oxygen atoms in total. The van der Waals surface area contributed by atoms with Crippen LogP contribution in [0.25, 0.3) is 10.8 Å². The van der Waals surface area contributed by atoms with Gasteiger partial charge in [-0.3, -0.25) is 9.59 Å². The van der Waals surface area contributed by atoms with Crippen molar-refractivity contribution < 1.29 is 9.59 Å². The van der Waals surface area contributed by atoms with Crippen molar-refractivity contribution in [3.8, 4) is 6.07 Å². The second-order valence-electron chi connectivity index (χ2n) is 5.41. The van der Waals surface area contributed by atoms with E-state index in [9.17, 15) is 9.59 Å². The van der Waals surface area contributed by atoms with Gasteiger partial charge in [0.1, 0.15) is 6.42 Å². The molecule has 3 aromatic rings. The van der Waals surface area contributed by atoms with E-state index in [4.69, 9.17) is 5.26 Å². The molecule has 0 unspecified atom stereocenters. The smallest absolute Gasteiger partial charge is 0.256 e. The topological polar surface area (TPSA) is 82.0 Å². The normalized spacial score (nSPS) is 10.0. The highest BCUT2D eigenvalue weighted by atomic mass is 16.2. The summed E-state index contributed by atoms with van der Waals surface area (Å²) >= 11 is 0. The van der Waals surface area contributed by atoms with E-state index in [1.807, 2.05) is 36.4 Å². The first-order valence-electron chi connectivity index (χ1n) is 7.74. The van der Waals surface area contributed by atoms with E-state index >= 15 is 0 Å². The molecule has 0 aromatic heterocycles. The summed E-state index contributed by atoms with van der Waals surface area (Å²) in [6.45, 7) is 0. The van der Waals surface area contributed by atoms with Gasteiger partial charge in [0, 0.05) is 5.56 Å². The fourth-order valence-electron chi connectivity index (χ4n) is 2.58. The molecule has 2 N–H and O–H groups in total. The van der Waals surface area contributed by atoms with Gasteiger partial charge >= 0.3 is 0 Å². The number of hydrogen-bond donors (Lipinski definition) is 2. The van der Waals surface area contributed by atoms with E-state index in [2.05, 4.69) is 10.6 Å². The van der Waals surface area contributed by atoms with Crippen LogP contribution in [0, 0.1) is 11.3 Å². The molecule has 0 aliphatic carbocycles. The van der Waals surface area contributed by atoms with Crippen LogP contribution in [0.2, 0.25) is 0 Å². The summed E-state index contributed by atoms with van der Waals surface area (Å²) in [6.07, 6.45) is -0.244. The number of para-hydroxylation sites is 2. The Balaban J connectivity index is 1.88. The minimum atomic E-state index is -0.422. The standard InChI is InChI=1S/C20H15N3O2/c21-13-12-19(24)22-17-10-3-4-11-18(17)23-20(25)16-9-5-7-14-6-1-2-8-15(14)16/h1-11H,12H2,(H,22,24)(H,23,25). The van der Waals surface area contributed by atoms with Crippen LogP contribution < -0.4 is 10.6 Å². The lowest BCUT2D eigenvalue weighted by Gasteiger charge is -2.12. The van der Waals surface area contributed by atoms with Gasteiger partial charge in [0.25, 0.3) is 5.91 Å². The number of hydrogen-bond acceptors (Lipinski definition) is 3. The molecule has 2 amide bonds. The summed E-state index contributed by atoms with van der Waals surface area (Å²) in [5, 5.41) is 15.9. The fraction of sp³-hybridized carbons (Fsp3) is 0.0500. The van der Waals surface area contributed by atoms with Crippen LogP contribution >= 0.6 is 0 Å². The lowest BCUT2D eigenvalue weighted by Crippen LogP contribution is -2.16. The molecule has 0 spiro atoms. The lowest BCUT2D eigenvalue weighted by atomic mass is 10.0. The highest BCUT2D eigenvalue weighted by Crippen LogP contribution is 2.24. The second kappa shape index (κ2) is 7.28. The fourth-order valence-corrected chi connectivity index (χ4v) is 2.58. The van der Waals surface area contributed by atoms with Crippen molar-refractivity contribution in [2.75, 3.05) is 10.6 Å². The van der Waals surface area contributed by atoms with Gasteiger partial charge in [-0.2, -0.15) is 5.26 Å². The van der Waals surface area contributed by atoms with Gasteiger partial charge in [0.15, 0.2) is 0 Å². The van der Waals surface area contributed by atoms with Crippen LogP contribution in [0.5, 0.6) is 0 Å². The summed E-state index contributed by atoms with van der Waals surface area (Å²) in [6, 6.07) is 21.9. The number of fused-ring (bicyclic) bond motifs is 1. The summed E-state index contributed by atoms with van der Waals surface area (Å²) in [5.74, 6) is -0.687. The zero-order valence-electron chi connectivity index (χ0n) is 13.3. The van der Waals surface area contributed by atoms with Crippen molar-refractivity contribution >= 4 is 34.0 Å². The van der Waals surface area contributed by atoms with E-state index in [1.54, 1.807) is 36.4 Å². The Morgan fingerprint density at radius 1 is 0.840 bits per heavy atom. The highest BCUT2D eigenvalue weighted by Gasteiger charge is 2.13. The number of rotatable bonds is 4. The number of nitrogens with one attached hydrogen (secondary N) is 2. The molecule has 0 aliphatic rings. The molecule has 5 heteroatoms. The number of amides is 2. The third-order valence-electron chi connectivity index (χ3n) is 3.72. The first-order chi connectivity index (χ1) is 12.2. The SMILES string of the molecule is N#CCC(=O)Nc1ccccc1NC(=O)c1cccc2ccccc12. The van der Waals surface area contributed by atoms with E-state index < -0.39 is 5.91 Å². The number of carbonyl (C=O) groups excluding carboxylic acids is 2. The highest BCUT2D eigenvalue weighted by molar-refractivity contribution is 6.14. The largest absolute Gasteiger partial charge is 0.323 e. The Labute approximate surface area is 144 Å². The number of nitriles is 1. The molecule has 0 bridgehead atoms. The molecule has 0 radical (unpaired) electrons. The van der Waals surface area contributed by atoms with Crippen LogP contribution in [0.15, 0.2) is 66.7 Å². The maximum atomic E-state index is 12.7. The summed E-state index contributed by atoms with van der Waals surface area (Å²) in [7, 11) is 0. The van der Waals surface area contributed by atoms with Crippen molar-refractivity contribution in [3.63, 3.8) is 0 Å². The summed E-state index contributed by atoms with van der Waals surface area (Å²) in [5.41, 5.74) is 1.49. The van der Waals surface area contributed by atoms with Gasteiger partial charge in [-0.25, -0.2) is 0 Å². The zero-order chi connectivity index (χ0) is 17.6. The van der Waals surface area contributed by atoms with Crippen LogP contribution in [0.3, 0.4) is 0 Å². The molecule has 25 heavy (non-hydrogen) atoms. The lowest BCUT2D eigenvalue weighted by molar-refractivity contribution is -0.115. The van der Waals surface area contributed by atoms with Crippen LogP contribution in [-0.2, 0) is 4.79 Å². The molecule has 0 heterocycles. The van der Waals surface area contributed by atoms with Crippen LogP contribution in [0.1, 0.15) is 16.8 Å². The van der Waals surface area contributed by atoms with Crippen LogP contribution in [-0.4, -0.2) is 11.8 Å². The van der Waals surface area contributed by atoms with Gasteiger partial charge in [-0.15, -0.1) is 0 Å². The first kappa shape index (κ1) is 16.2. The molecule has 0 atom stereocenters. The maximum Gasteiger partial charge on any atom is 0.256 e. The van der Waals surface area contributed by atoms with Gasteiger partial charge in [0.05, 0.1) is 17.4 Å². The quantitative estimate of drug-likeness (QED) is 0.760. The Morgan fingerprint density at radius 2 is 1.48 bits per heavy atom. The van der Waals surface area contributed by atoms with Crippen LogP contribution in [0.4, 0.5) is 11.4 Å². The number of benzene rings is 3. The van der Waals surface area contributed by atoms with Crippen molar-refractivity contribution in [3.05, 3.63) is 72.3 Å². The van der Waals surface area contributed by atoms with E-state index in [-0.39, 0.29) is 12.3 Å². The predicted molar refractivity (Wildman–Crippen MR) is 97.2 cm³/mol. The van der Waals surface area contributed by atoms with Crippen molar-refractivity contribution in [2.45, 2.75) is 6.42 Å². The average Bonchev–Trinajstić information content (AvgIpc) is 2.63. The summed E-state index contributed by atoms with van der Waals surface area (Å²) < 4.78 is 0. The third kappa shape index (κ3) is 3.65. The Kier molecular flexibility index (Phi) is 4.72. The Hall–Kier alpha value is -3.65. The number of anilines is 2. The number of nitrogens with zero attached hydrogens (tertiary/aromatic N) is 1. The van der Waals surface area contributed by atoms with E-state index in [0.717, 1.165) is 10.8 Å². The van der Waals surface area contributed by atoms with Gasteiger partial charge in [0.2, 0.25) is 5.91 Å². The zero-order valence-corrected chi connectivity index (χ0v) is 13.3. The molecule has 3 aromatic carbocycles. The second-order valence-corrected chi connectivity index (χ2v) is 5.41. The first-order valence-corrected chi connectivity index (χ1v) is 7.74. The molecule has 0 saturated heterocycles. The Morgan fingerprint density at radius 3 is 2.24 bits per heavy atom. The molecule has 0 fully saturated rings. The van der Waals surface area contributed by atoms with Gasteiger partial charge in [-0.1, -0.05) is 48.5 Å². The molecule has 3 rings (SSSR count). The summed E-state index contributed by atoms with van der Waals surface area (Å²) in [4.78, 5) is 24.4. The Bertz CT molecular complexity index is 984. The molecular weight excluding hydrogens is 314 g/mol. The van der Waals surface area contributed by atoms with Gasteiger partial charge < -0.3 is 10.6 Å². The molecule has 0 aliphatic heterocycles. The monoisotopic (exact) mass is 329 g/mol. The minimum Gasteiger partial charge on any atom is -0.323 e. The van der Waals surface area contributed by atoms with Crippen molar-refractivity contribution in [2.24, 2.45) is 0 Å². The number of carbonyl (C=O) groups is 2. The molecule has 0 saturated carbocycles. The van der Waals surface area contributed by atoms with Crippen molar-refractivity contribution in [1.29, 1.82) is 5.26 Å². The van der Waals surface area contributed by atoms with E-state index in [0.29, 0.717) is 16.9 Å². The van der Waals surface area contributed by atoms with Gasteiger partial charge in [-0.05, 0) is 29.0 Å². The molecule has 122 valence electrons.